The molecule has 0 bridgehead atoms. The van der Waals surface area contributed by atoms with E-state index in [1.54, 1.807) is 12.1 Å². The fourth-order valence-electron chi connectivity index (χ4n) is 2.72. The van der Waals surface area contributed by atoms with Crippen molar-refractivity contribution in [1.29, 1.82) is 0 Å². The van der Waals surface area contributed by atoms with Crippen molar-refractivity contribution in [3.63, 3.8) is 0 Å². The summed E-state index contributed by atoms with van der Waals surface area (Å²) >= 11 is 5.85. The van der Waals surface area contributed by atoms with Crippen molar-refractivity contribution in [2.45, 2.75) is 25.8 Å². The first-order valence-corrected chi connectivity index (χ1v) is 7.48. The topological polar surface area (TPSA) is 72.2 Å². The number of carboxylic acid groups (broad SMARTS) is 1. The summed E-state index contributed by atoms with van der Waals surface area (Å²) in [6.45, 7) is 0.381. The maximum absolute atomic E-state index is 12.2. The summed E-state index contributed by atoms with van der Waals surface area (Å²) in [5.41, 5.74) is 2.32. The maximum Gasteiger partial charge on any atom is 0.306 e. The van der Waals surface area contributed by atoms with Gasteiger partial charge in [0.25, 0.3) is 5.56 Å². The second-order valence-corrected chi connectivity index (χ2v) is 5.95. The van der Waals surface area contributed by atoms with Crippen molar-refractivity contribution < 1.29 is 9.90 Å². The lowest BCUT2D eigenvalue weighted by atomic mass is 9.87. The number of halogens is 1. The number of carbonyl (C=O) groups is 1. The molecule has 5 nitrogen and oxygen atoms in total. The van der Waals surface area contributed by atoms with Gasteiger partial charge >= 0.3 is 5.97 Å². The highest BCUT2D eigenvalue weighted by Gasteiger charge is 2.25. The number of nitrogens with zero attached hydrogens (tertiary/aromatic N) is 2. The molecule has 0 fully saturated rings. The molecule has 0 saturated heterocycles. The molecule has 1 atom stereocenters. The fraction of sp³-hybridized carbons (Fsp3) is 0.312. The predicted octanol–water partition coefficient (Wildman–Crippen LogP) is 2.13. The number of aliphatic carboxylic acids is 1. The number of benzene rings is 1. The fourth-order valence-corrected chi connectivity index (χ4v) is 2.84. The van der Waals surface area contributed by atoms with Gasteiger partial charge in [-0.3, -0.25) is 9.59 Å². The number of fused-ring (bicyclic) bond motifs is 1. The maximum atomic E-state index is 12.2. The molecule has 1 aliphatic rings. The van der Waals surface area contributed by atoms with E-state index >= 15 is 0 Å². The minimum absolute atomic E-state index is 0.209. The van der Waals surface area contributed by atoms with Crippen molar-refractivity contribution in [2.75, 3.05) is 0 Å². The second-order valence-electron chi connectivity index (χ2n) is 5.52. The van der Waals surface area contributed by atoms with Crippen molar-refractivity contribution in [2.24, 2.45) is 5.92 Å². The first kappa shape index (κ1) is 14.8. The normalized spacial score (nSPS) is 17.0. The molecule has 114 valence electrons. The van der Waals surface area contributed by atoms with E-state index in [1.807, 2.05) is 12.1 Å². The van der Waals surface area contributed by atoms with Crippen LogP contribution in [0.25, 0.3) is 0 Å². The average molecular weight is 319 g/mol. The minimum atomic E-state index is -0.809. The van der Waals surface area contributed by atoms with Gasteiger partial charge in [0.05, 0.1) is 18.2 Å². The zero-order valence-corrected chi connectivity index (χ0v) is 12.6. The zero-order valence-electron chi connectivity index (χ0n) is 11.8. The van der Waals surface area contributed by atoms with Gasteiger partial charge in [-0.05, 0) is 42.5 Å². The predicted molar refractivity (Wildman–Crippen MR) is 82.2 cm³/mol. The third-order valence-corrected chi connectivity index (χ3v) is 4.21. The first-order chi connectivity index (χ1) is 10.5. The molecule has 0 aliphatic heterocycles. The molecule has 0 amide bonds. The zero-order chi connectivity index (χ0) is 15.7. The van der Waals surface area contributed by atoms with Crippen LogP contribution in [0.1, 0.15) is 23.2 Å². The second kappa shape index (κ2) is 5.93. The van der Waals surface area contributed by atoms with Gasteiger partial charge in [-0.2, -0.15) is 5.10 Å². The summed E-state index contributed by atoms with van der Waals surface area (Å²) in [5.74, 6) is -1.23. The monoisotopic (exact) mass is 318 g/mol. The number of carboxylic acids is 1. The molecule has 0 radical (unpaired) electrons. The Balaban J connectivity index is 1.87. The van der Waals surface area contributed by atoms with E-state index in [-0.39, 0.29) is 5.56 Å². The quantitative estimate of drug-likeness (QED) is 0.941. The van der Waals surface area contributed by atoms with Crippen LogP contribution in [-0.2, 0) is 24.2 Å². The van der Waals surface area contributed by atoms with Gasteiger partial charge in [0, 0.05) is 11.1 Å². The van der Waals surface area contributed by atoms with Crippen LogP contribution in [0.4, 0.5) is 0 Å². The van der Waals surface area contributed by atoms with Gasteiger partial charge in [-0.15, -0.1) is 0 Å². The van der Waals surface area contributed by atoms with Crippen molar-refractivity contribution in [3.8, 4) is 0 Å². The molecular weight excluding hydrogens is 304 g/mol. The number of hydrogen-bond donors (Lipinski definition) is 1. The van der Waals surface area contributed by atoms with Crippen molar-refractivity contribution in [1.82, 2.24) is 9.78 Å². The lowest BCUT2D eigenvalue weighted by Crippen LogP contribution is -2.30. The third-order valence-electron chi connectivity index (χ3n) is 3.95. The van der Waals surface area contributed by atoms with E-state index < -0.39 is 11.9 Å². The van der Waals surface area contributed by atoms with E-state index in [0.29, 0.717) is 30.8 Å². The third kappa shape index (κ3) is 3.04. The van der Waals surface area contributed by atoms with E-state index in [2.05, 4.69) is 5.10 Å². The van der Waals surface area contributed by atoms with Crippen molar-refractivity contribution >= 4 is 17.6 Å². The highest BCUT2D eigenvalue weighted by molar-refractivity contribution is 6.30. The van der Waals surface area contributed by atoms with E-state index in [0.717, 1.165) is 16.8 Å². The Morgan fingerprint density at radius 3 is 2.77 bits per heavy atom. The molecule has 2 aromatic rings. The molecule has 0 saturated carbocycles. The van der Waals surface area contributed by atoms with Crippen LogP contribution in [0.5, 0.6) is 0 Å². The van der Waals surface area contributed by atoms with E-state index in [9.17, 15) is 9.59 Å². The Hall–Kier alpha value is -2.14. The van der Waals surface area contributed by atoms with Gasteiger partial charge in [0.15, 0.2) is 0 Å². The van der Waals surface area contributed by atoms with Crippen LogP contribution in [0.2, 0.25) is 5.02 Å². The van der Waals surface area contributed by atoms with Crippen LogP contribution >= 0.6 is 11.6 Å². The number of hydrogen-bond acceptors (Lipinski definition) is 3. The Kier molecular flexibility index (Phi) is 3.98. The average Bonchev–Trinajstić information content (AvgIpc) is 2.49. The van der Waals surface area contributed by atoms with Gasteiger partial charge in [-0.1, -0.05) is 23.7 Å². The van der Waals surface area contributed by atoms with E-state index in [4.69, 9.17) is 16.7 Å². The lowest BCUT2D eigenvalue weighted by molar-refractivity contribution is -0.142. The first-order valence-electron chi connectivity index (χ1n) is 7.10. The SMILES string of the molecule is O=C(O)C1CCc2nn(Cc3ccc(Cl)cc3)c(=O)cc2C1. The molecule has 0 spiro atoms. The van der Waals surface area contributed by atoms with E-state index in [1.165, 1.54) is 10.7 Å². The molecule has 1 unspecified atom stereocenters. The van der Waals surface area contributed by atoms with Gasteiger partial charge < -0.3 is 5.11 Å². The smallest absolute Gasteiger partial charge is 0.306 e. The van der Waals surface area contributed by atoms with Crippen molar-refractivity contribution in [3.05, 3.63) is 62.5 Å². The Morgan fingerprint density at radius 2 is 2.09 bits per heavy atom. The number of rotatable bonds is 3. The summed E-state index contributed by atoms with van der Waals surface area (Å²) in [7, 11) is 0. The lowest BCUT2D eigenvalue weighted by Gasteiger charge is -2.21. The van der Waals surface area contributed by atoms with Gasteiger partial charge in [0.2, 0.25) is 0 Å². The van der Waals surface area contributed by atoms with Crippen LogP contribution in [0.3, 0.4) is 0 Å². The highest BCUT2D eigenvalue weighted by atomic mass is 35.5. The minimum Gasteiger partial charge on any atom is -0.481 e. The standard InChI is InChI=1S/C16H15ClN2O3/c17-13-4-1-10(2-5-13)9-19-15(20)8-12-7-11(16(21)22)3-6-14(12)18-19/h1-2,4-5,8,11H,3,6-7,9H2,(H,21,22). The largest absolute Gasteiger partial charge is 0.481 e. The summed E-state index contributed by atoms with van der Waals surface area (Å²) < 4.78 is 1.42. The molecule has 1 N–H and O–H groups in total. The number of aromatic nitrogens is 2. The molecule has 3 rings (SSSR count). The summed E-state index contributed by atoms with van der Waals surface area (Å²) in [5, 5.41) is 14.1. The summed E-state index contributed by atoms with van der Waals surface area (Å²) in [6.07, 6.45) is 1.54. The molecular formula is C16H15ClN2O3. The molecule has 22 heavy (non-hydrogen) atoms. The van der Waals surface area contributed by atoms with Crippen LogP contribution in [-0.4, -0.2) is 20.9 Å². The molecule has 1 heterocycles. The molecule has 1 aromatic heterocycles. The molecule has 1 aromatic carbocycles. The van der Waals surface area contributed by atoms with Crippen LogP contribution in [0.15, 0.2) is 35.1 Å². The summed E-state index contributed by atoms with van der Waals surface area (Å²) in [4.78, 5) is 23.2. The molecule has 1 aliphatic carbocycles. The highest BCUT2D eigenvalue weighted by Crippen LogP contribution is 2.23. The molecule has 6 heteroatoms. The van der Waals surface area contributed by atoms with Gasteiger partial charge in [-0.25, -0.2) is 4.68 Å². The summed E-state index contributed by atoms with van der Waals surface area (Å²) in [6, 6.07) is 8.79. The number of aryl methyl sites for hydroxylation is 1. The van der Waals surface area contributed by atoms with Crippen LogP contribution in [0, 0.1) is 5.92 Å². The Bertz CT molecular complexity index is 768. The van der Waals surface area contributed by atoms with Gasteiger partial charge in [0.1, 0.15) is 0 Å². The van der Waals surface area contributed by atoms with Crippen LogP contribution < -0.4 is 5.56 Å². The Morgan fingerprint density at radius 1 is 1.36 bits per heavy atom. The Labute approximate surface area is 132 Å².